The molecule has 0 spiro atoms. The maximum Gasteiger partial charge on any atom is 0.300 e. The van der Waals surface area contributed by atoms with Crippen molar-refractivity contribution in [2.45, 2.75) is 26.5 Å². The molecule has 1 heterocycles. The summed E-state index contributed by atoms with van der Waals surface area (Å²) in [4.78, 5) is 28.2. The summed E-state index contributed by atoms with van der Waals surface area (Å²) in [6, 6.07) is 26.4. The molecule has 1 atom stereocenters. The Morgan fingerprint density at radius 2 is 1.64 bits per heavy atom. The Kier molecular flexibility index (Phi) is 7.47. The summed E-state index contributed by atoms with van der Waals surface area (Å²) in [5.41, 5.74) is 4.24. The van der Waals surface area contributed by atoms with Gasteiger partial charge < -0.3 is 9.84 Å². The third-order valence-corrected chi connectivity index (χ3v) is 7.41. The molecule has 4 aromatic rings. The topological polar surface area (TPSA) is 66.8 Å². The van der Waals surface area contributed by atoms with Crippen LogP contribution in [0.1, 0.15) is 33.9 Å². The number of ether oxygens (including phenoxy) is 1. The van der Waals surface area contributed by atoms with Crippen LogP contribution in [-0.4, -0.2) is 16.8 Å². The van der Waals surface area contributed by atoms with Crippen LogP contribution in [0.3, 0.4) is 0 Å². The van der Waals surface area contributed by atoms with Crippen molar-refractivity contribution < 1.29 is 19.4 Å². The molecule has 0 aromatic heterocycles. The van der Waals surface area contributed by atoms with E-state index in [-0.39, 0.29) is 16.4 Å². The van der Waals surface area contributed by atoms with Gasteiger partial charge in [0.05, 0.1) is 21.7 Å². The molecule has 1 fully saturated rings. The fourth-order valence-corrected chi connectivity index (χ4v) is 5.03. The molecule has 4 aromatic carbocycles. The van der Waals surface area contributed by atoms with E-state index in [1.165, 1.54) is 4.90 Å². The lowest BCUT2D eigenvalue weighted by atomic mass is 9.94. The second kappa shape index (κ2) is 11.0. The third-order valence-electron chi connectivity index (χ3n) is 6.67. The van der Waals surface area contributed by atoms with Gasteiger partial charge in [0.1, 0.15) is 18.1 Å². The van der Waals surface area contributed by atoms with Gasteiger partial charge in [-0.25, -0.2) is 0 Å². The van der Waals surface area contributed by atoms with Crippen LogP contribution in [-0.2, 0) is 16.2 Å². The Morgan fingerprint density at radius 3 is 2.33 bits per heavy atom. The minimum absolute atomic E-state index is 0.00553. The minimum Gasteiger partial charge on any atom is -0.507 e. The number of Topliss-reactive ketones (excluding diaryl/α,β-unsaturated/α-hetero) is 1. The lowest BCUT2D eigenvalue weighted by Crippen LogP contribution is -2.29. The first-order valence-corrected chi connectivity index (χ1v) is 13.1. The highest BCUT2D eigenvalue weighted by Gasteiger charge is 2.47. The number of aryl methyl sites for hydroxylation is 2. The molecule has 0 aliphatic carbocycles. The summed E-state index contributed by atoms with van der Waals surface area (Å²) >= 11 is 12.4. The molecule has 0 saturated carbocycles. The number of anilines is 1. The van der Waals surface area contributed by atoms with Gasteiger partial charge in [0.15, 0.2) is 0 Å². The largest absolute Gasteiger partial charge is 0.507 e. The lowest BCUT2D eigenvalue weighted by molar-refractivity contribution is -0.132. The first-order chi connectivity index (χ1) is 18.7. The number of benzene rings is 4. The van der Waals surface area contributed by atoms with Gasteiger partial charge in [-0.05, 0) is 66.9 Å². The summed E-state index contributed by atoms with van der Waals surface area (Å²) in [6.45, 7) is 4.19. The number of rotatable bonds is 6. The van der Waals surface area contributed by atoms with Crippen LogP contribution in [0.5, 0.6) is 5.75 Å². The second-order valence-corrected chi connectivity index (χ2v) is 10.3. The van der Waals surface area contributed by atoms with Gasteiger partial charge in [-0.1, -0.05) is 83.4 Å². The molecule has 0 bridgehead atoms. The van der Waals surface area contributed by atoms with Crippen LogP contribution in [0.15, 0.2) is 96.6 Å². The van der Waals surface area contributed by atoms with Gasteiger partial charge in [0.2, 0.25) is 0 Å². The lowest BCUT2D eigenvalue weighted by Gasteiger charge is -2.26. The van der Waals surface area contributed by atoms with E-state index >= 15 is 0 Å². The van der Waals surface area contributed by atoms with Crippen LogP contribution < -0.4 is 9.64 Å². The number of ketones is 1. The zero-order chi connectivity index (χ0) is 27.7. The molecule has 196 valence electrons. The van der Waals surface area contributed by atoms with E-state index in [2.05, 4.69) is 0 Å². The zero-order valence-corrected chi connectivity index (χ0v) is 22.8. The van der Waals surface area contributed by atoms with E-state index in [4.69, 9.17) is 27.9 Å². The molecule has 1 N–H and O–H groups in total. The first-order valence-electron chi connectivity index (χ1n) is 12.3. The molecule has 5 nitrogen and oxygen atoms in total. The highest BCUT2D eigenvalue weighted by Crippen LogP contribution is 2.43. The summed E-state index contributed by atoms with van der Waals surface area (Å²) in [5, 5.41) is 12.1. The van der Waals surface area contributed by atoms with E-state index < -0.39 is 17.7 Å². The number of hydrogen-bond acceptors (Lipinski definition) is 4. The molecule has 1 amide bonds. The number of nitrogens with zero attached hydrogens (tertiary/aromatic N) is 1. The van der Waals surface area contributed by atoms with Crippen LogP contribution in [0.4, 0.5) is 5.69 Å². The van der Waals surface area contributed by atoms with E-state index in [1.807, 2.05) is 68.4 Å². The number of amides is 1. The summed E-state index contributed by atoms with van der Waals surface area (Å²) < 4.78 is 5.97. The molecule has 1 aliphatic heterocycles. The number of halogens is 2. The second-order valence-electron chi connectivity index (χ2n) is 9.44. The molecular formula is C32H25Cl2NO4. The molecule has 7 heteroatoms. The van der Waals surface area contributed by atoms with E-state index in [0.717, 1.165) is 16.7 Å². The fraction of sp³-hybridized carbons (Fsp3) is 0.125. The van der Waals surface area contributed by atoms with Gasteiger partial charge in [-0.3, -0.25) is 14.5 Å². The SMILES string of the molecule is Cc1cccc(C2/C(=C(\O)c3ccc(OCc4ccccc4)c(C)c3)C(=O)C(=O)N2c2ccc(Cl)c(Cl)c2)c1. The number of aliphatic hydroxyl groups is 1. The Hall–Kier alpha value is -4.06. The summed E-state index contributed by atoms with van der Waals surface area (Å²) in [5.74, 6) is -1.16. The monoisotopic (exact) mass is 557 g/mol. The van der Waals surface area contributed by atoms with Crippen molar-refractivity contribution in [2.24, 2.45) is 0 Å². The highest BCUT2D eigenvalue weighted by atomic mass is 35.5. The fourth-order valence-electron chi connectivity index (χ4n) is 4.74. The zero-order valence-electron chi connectivity index (χ0n) is 21.3. The van der Waals surface area contributed by atoms with Crippen molar-refractivity contribution in [2.75, 3.05) is 4.90 Å². The molecule has 5 rings (SSSR count). The van der Waals surface area contributed by atoms with Crippen molar-refractivity contribution in [1.82, 2.24) is 0 Å². The quantitative estimate of drug-likeness (QED) is 0.149. The normalized spacial score (nSPS) is 16.5. The van der Waals surface area contributed by atoms with Crippen LogP contribution in [0, 0.1) is 13.8 Å². The molecule has 39 heavy (non-hydrogen) atoms. The van der Waals surface area contributed by atoms with Gasteiger partial charge >= 0.3 is 0 Å². The third kappa shape index (κ3) is 5.29. The van der Waals surface area contributed by atoms with Gasteiger partial charge in [-0.2, -0.15) is 0 Å². The Bertz CT molecular complexity index is 1610. The van der Waals surface area contributed by atoms with Crippen molar-refractivity contribution in [3.63, 3.8) is 0 Å². The van der Waals surface area contributed by atoms with Crippen LogP contribution in [0.2, 0.25) is 10.0 Å². The van der Waals surface area contributed by atoms with Crippen molar-refractivity contribution in [3.8, 4) is 5.75 Å². The smallest absolute Gasteiger partial charge is 0.300 e. The Morgan fingerprint density at radius 1 is 0.872 bits per heavy atom. The standard InChI is InChI=1S/C32H25Cl2NO4/c1-19-7-6-10-22(15-19)29-28(31(37)32(38)35(29)24-12-13-25(33)26(34)17-24)30(36)23-11-14-27(20(2)16-23)39-18-21-8-4-3-5-9-21/h3-17,29,36H,18H2,1-2H3/b30-28+. The van der Waals surface area contributed by atoms with Gasteiger partial charge in [-0.15, -0.1) is 0 Å². The minimum atomic E-state index is -0.864. The number of hydrogen-bond donors (Lipinski definition) is 1. The van der Waals surface area contributed by atoms with Crippen LogP contribution in [0.25, 0.3) is 5.76 Å². The summed E-state index contributed by atoms with van der Waals surface area (Å²) in [6.07, 6.45) is 0. The Labute approximate surface area is 236 Å². The maximum absolute atomic E-state index is 13.4. The Balaban J connectivity index is 1.57. The van der Waals surface area contributed by atoms with Crippen LogP contribution >= 0.6 is 23.2 Å². The summed E-state index contributed by atoms with van der Waals surface area (Å²) in [7, 11) is 0. The van der Waals surface area contributed by atoms with Gasteiger partial charge in [0, 0.05) is 11.3 Å². The number of carbonyl (C=O) groups is 2. The van der Waals surface area contributed by atoms with E-state index in [0.29, 0.717) is 34.2 Å². The molecule has 1 saturated heterocycles. The van der Waals surface area contributed by atoms with Gasteiger partial charge in [0.25, 0.3) is 11.7 Å². The number of aliphatic hydroxyl groups excluding tert-OH is 1. The van der Waals surface area contributed by atoms with E-state index in [1.54, 1.807) is 36.4 Å². The number of carbonyl (C=O) groups excluding carboxylic acids is 2. The predicted molar refractivity (Wildman–Crippen MR) is 154 cm³/mol. The van der Waals surface area contributed by atoms with Crippen molar-refractivity contribution >= 4 is 46.3 Å². The maximum atomic E-state index is 13.4. The van der Waals surface area contributed by atoms with E-state index in [9.17, 15) is 14.7 Å². The highest BCUT2D eigenvalue weighted by molar-refractivity contribution is 6.52. The van der Waals surface area contributed by atoms with Crippen molar-refractivity contribution in [3.05, 3.63) is 134 Å². The van der Waals surface area contributed by atoms with Crippen molar-refractivity contribution in [1.29, 1.82) is 0 Å². The average Bonchev–Trinajstić information content (AvgIpc) is 3.20. The predicted octanol–water partition coefficient (Wildman–Crippen LogP) is 7.82. The average molecular weight is 558 g/mol. The molecule has 1 unspecified atom stereocenters. The first kappa shape index (κ1) is 26.5. The molecular weight excluding hydrogens is 533 g/mol. The molecule has 0 radical (unpaired) electrons. The molecule has 1 aliphatic rings.